The summed E-state index contributed by atoms with van der Waals surface area (Å²) >= 11 is 11.8. The van der Waals surface area contributed by atoms with Crippen LogP contribution in [0.3, 0.4) is 0 Å². The highest BCUT2D eigenvalue weighted by molar-refractivity contribution is 6.32. The molecular formula is C12H12Cl2N6O. The molecule has 4 N–H and O–H groups in total. The van der Waals surface area contributed by atoms with Crippen molar-refractivity contribution in [3.8, 4) is 0 Å². The Morgan fingerprint density at radius 1 is 1.14 bits per heavy atom. The normalized spacial score (nSPS) is 11.0. The lowest BCUT2D eigenvalue weighted by molar-refractivity contribution is 0.311. The molecule has 7 nitrogen and oxygen atoms in total. The van der Waals surface area contributed by atoms with Gasteiger partial charge in [0, 0.05) is 11.6 Å². The number of nitrogens with zero attached hydrogens (tertiary/aromatic N) is 4. The number of nitrogens with one attached hydrogen (secondary N) is 1. The molecule has 0 radical (unpaired) electrons. The summed E-state index contributed by atoms with van der Waals surface area (Å²) in [6, 6.07) is 6.81. The van der Waals surface area contributed by atoms with Crippen molar-refractivity contribution in [1.29, 1.82) is 0 Å². The van der Waals surface area contributed by atoms with Crippen LogP contribution in [-0.4, -0.2) is 28.2 Å². The maximum absolute atomic E-state index is 8.85. The SMILES string of the molecule is Nc1nc(Cl)c(/N=N/c2ccc(Cl)cc2)c(NCCO)n1. The summed E-state index contributed by atoms with van der Waals surface area (Å²) in [5, 5.41) is 20.4. The van der Waals surface area contributed by atoms with Gasteiger partial charge in [0.05, 0.1) is 12.3 Å². The summed E-state index contributed by atoms with van der Waals surface area (Å²) in [5.41, 5.74) is 6.37. The molecule has 0 saturated carbocycles. The van der Waals surface area contributed by atoms with Crippen molar-refractivity contribution in [2.45, 2.75) is 0 Å². The first-order valence-electron chi connectivity index (χ1n) is 5.95. The van der Waals surface area contributed by atoms with Crippen LogP contribution in [0.5, 0.6) is 0 Å². The summed E-state index contributed by atoms with van der Waals surface area (Å²) < 4.78 is 0. The molecule has 0 aliphatic rings. The van der Waals surface area contributed by atoms with E-state index in [1.54, 1.807) is 24.3 Å². The summed E-state index contributed by atoms with van der Waals surface area (Å²) in [5.74, 6) is 0.310. The molecule has 0 bridgehead atoms. The maximum atomic E-state index is 8.85. The predicted octanol–water partition coefficient (Wildman–Crippen LogP) is 3.19. The van der Waals surface area contributed by atoms with Gasteiger partial charge in [0.15, 0.2) is 16.7 Å². The number of anilines is 2. The fourth-order valence-electron chi connectivity index (χ4n) is 1.45. The number of aliphatic hydroxyl groups is 1. The van der Waals surface area contributed by atoms with Crippen LogP contribution < -0.4 is 11.1 Å². The standard InChI is InChI=1S/C12H12Cl2N6O/c13-7-1-3-8(4-2-7)19-20-9-10(14)17-12(15)18-11(9)16-5-6-21/h1-4,21H,5-6H2,(H3,15,16,17,18)/b20-19+. The minimum Gasteiger partial charge on any atom is -0.395 e. The Labute approximate surface area is 130 Å². The van der Waals surface area contributed by atoms with Gasteiger partial charge in [-0.05, 0) is 24.3 Å². The number of nitrogens with two attached hydrogens (primary N) is 1. The minimum absolute atomic E-state index is 0.00545. The van der Waals surface area contributed by atoms with Gasteiger partial charge in [-0.2, -0.15) is 15.1 Å². The molecule has 1 aromatic heterocycles. The summed E-state index contributed by atoms with van der Waals surface area (Å²) in [4.78, 5) is 7.81. The highest BCUT2D eigenvalue weighted by atomic mass is 35.5. The second-order valence-electron chi connectivity index (χ2n) is 3.90. The van der Waals surface area contributed by atoms with E-state index >= 15 is 0 Å². The molecule has 1 heterocycles. The Morgan fingerprint density at radius 3 is 2.52 bits per heavy atom. The van der Waals surface area contributed by atoms with Gasteiger partial charge in [0.25, 0.3) is 0 Å². The Balaban J connectivity index is 2.31. The van der Waals surface area contributed by atoms with Gasteiger partial charge >= 0.3 is 0 Å². The fraction of sp³-hybridized carbons (Fsp3) is 0.167. The molecule has 110 valence electrons. The molecule has 0 unspecified atom stereocenters. The maximum Gasteiger partial charge on any atom is 0.223 e. The number of azo groups is 1. The average molecular weight is 327 g/mol. The zero-order valence-electron chi connectivity index (χ0n) is 10.8. The number of aliphatic hydroxyl groups excluding tert-OH is 1. The zero-order valence-corrected chi connectivity index (χ0v) is 12.3. The largest absolute Gasteiger partial charge is 0.395 e. The van der Waals surface area contributed by atoms with Crippen LogP contribution in [-0.2, 0) is 0 Å². The first-order valence-corrected chi connectivity index (χ1v) is 6.71. The summed E-state index contributed by atoms with van der Waals surface area (Å²) in [6.45, 7) is 0.200. The molecule has 2 aromatic rings. The van der Waals surface area contributed by atoms with E-state index in [0.717, 1.165) is 0 Å². The van der Waals surface area contributed by atoms with Gasteiger partial charge < -0.3 is 16.2 Å². The Bertz CT molecular complexity index is 647. The quantitative estimate of drug-likeness (QED) is 0.577. The topological polar surface area (TPSA) is 109 Å². The molecule has 9 heteroatoms. The van der Waals surface area contributed by atoms with Crippen molar-refractivity contribution in [1.82, 2.24) is 9.97 Å². The molecule has 0 aliphatic carbocycles. The van der Waals surface area contributed by atoms with Crippen LogP contribution in [0.4, 0.5) is 23.1 Å². The lowest BCUT2D eigenvalue weighted by atomic mass is 10.3. The molecule has 2 rings (SSSR count). The number of aromatic nitrogens is 2. The van der Waals surface area contributed by atoms with Crippen LogP contribution in [0.1, 0.15) is 0 Å². The van der Waals surface area contributed by atoms with E-state index in [-0.39, 0.29) is 29.9 Å². The fourth-order valence-corrected chi connectivity index (χ4v) is 1.79. The Kier molecular flexibility index (Phi) is 5.26. The van der Waals surface area contributed by atoms with Crippen LogP contribution in [0.2, 0.25) is 10.2 Å². The third kappa shape index (κ3) is 4.25. The number of halogens is 2. The molecule has 0 fully saturated rings. The molecule has 0 amide bonds. The number of nitrogen functional groups attached to an aromatic ring is 1. The smallest absolute Gasteiger partial charge is 0.223 e. The van der Waals surface area contributed by atoms with E-state index in [9.17, 15) is 0 Å². The number of benzene rings is 1. The zero-order chi connectivity index (χ0) is 15.2. The van der Waals surface area contributed by atoms with Crippen LogP contribution in [0, 0.1) is 0 Å². The van der Waals surface area contributed by atoms with Crippen molar-refractivity contribution < 1.29 is 5.11 Å². The van der Waals surface area contributed by atoms with Crippen molar-refractivity contribution in [3.05, 3.63) is 34.4 Å². The molecule has 21 heavy (non-hydrogen) atoms. The molecule has 0 spiro atoms. The van der Waals surface area contributed by atoms with E-state index in [4.69, 9.17) is 34.0 Å². The van der Waals surface area contributed by atoms with Gasteiger partial charge in [-0.3, -0.25) is 0 Å². The molecule has 0 saturated heterocycles. The van der Waals surface area contributed by atoms with Gasteiger partial charge in [-0.1, -0.05) is 23.2 Å². The van der Waals surface area contributed by atoms with Crippen LogP contribution in [0.15, 0.2) is 34.5 Å². The third-order valence-corrected chi connectivity index (χ3v) is 2.87. The summed E-state index contributed by atoms with van der Waals surface area (Å²) in [7, 11) is 0. The van der Waals surface area contributed by atoms with Gasteiger partial charge in [-0.25, -0.2) is 0 Å². The number of hydrogen-bond acceptors (Lipinski definition) is 7. The van der Waals surface area contributed by atoms with Crippen molar-refractivity contribution >= 4 is 46.3 Å². The van der Waals surface area contributed by atoms with Crippen molar-refractivity contribution in [2.24, 2.45) is 10.2 Å². The van der Waals surface area contributed by atoms with Gasteiger partial charge in [-0.15, -0.1) is 5.11 Å². The number of rotatable bonds is 5. The lowest BCUT2D eigenvalue weighted by Crippen LogP contribution is -2.09. The Hall–Kier alpha value is -1.96. The van der Waals surface area contributed by atoms with E-state index in [1.807, 2.05) is 0 Å². The highest BCUT2D eigenvalue weighted by Gasteiger charge is 2.11. The van der Waals surface area contributed by atoms with Crippen LogP contribution >= 0.6 is 23.2 Å². The van der Waals surface area contributed by atoms with E-state index in [1.165, 1.54) is 0 Å². The number of hydrogen-bond donors (Lipinski definition) is 3. The minimum atomic E-state index is -0.0741. The van der Waals surface area contributed by atoms with Crippen molar-refractivity contribution in [2.75, 3.05) is 24.2 Å². The predicted molar refractivity (Wildman–Crippen MR) is 82.7 cm³/mol. The highest BCUT2D eigenvalue weighted by Crippen LogP contribution is 2.32. The van der Waals surface area contributed by atoms with E-state index in [2.05, 4.69) is 25.5 Å². The van der Waals surface area contributed by atoms with E-state index in [0.29, 0.717) is 16.5 Å². The first-order chi connectivity index (χ1) is 10.1. The van der Waals surface area contributed by atoms with Gasteiger partial charge in [0.2, 0.25) is 5.95 Å². The van der Waals surface area contributed by atoms with Crippen LogP contribution in [0.25, 0.3) is 0 Å². The van der Waals surface area contributed by atoms with Crippen molar-refractivity contribution in [3.63, 3.8) is 0 Å². The van der Waals surface area contributed by atoms with E-state index < -0.39 is 0 Å². The third-order valence-electron chi connectivity index (χ3n) is 2.36. The second kappa shape index (κ2) is 7.16. The second-order valence-corrected chi connectivity index (χ2v) is 4.69. The molecule has 1 aromatic carbocycles. The lowest BCUT2D eigenvalue weighted by Gasteiger charge is -2.07. The first kappa shape index (κ1) is 15.4. The average Bonchev–Trinajstić information content (AvgIpc) is 2.45. The molecule has 0 aliphatic heterocycles. The van der Waals surface area contributed by atoms with Gasteiger partial charge in [0.1, 0.15) is 0 Å². The molecule has 0 atom stereocenters. The Morgan fingerprint density at radius 2 is 1.86 bits per heavy atom. The summed E-state index contributed by atoms with van der Waals surface area (Å²) in [6.07, 6.45) is 0. The molecular weight excluding hydrogens is 315 g/mol. The monoisotopic (exact) mass is 326 g/mol.